The summed E-state index contributed by atoms with van der Waals surface area (Å²) in [6.07, 6.45) is 1.59. The molecule has 1 aliphatic rings. The molecule has 2 aromatic carbocycles. The smallest absolute Gasteiger partial charge is 0.231 e. The van der Waals surface area contributed by atoms with Crippen LogP contribution in [0, 0.1) is 0 Å². The van der Waals surface area contributed by atoms with E-state index >= 15 is 0 Å². The first-order valence-corrected chi connectivity index (χ1v) is 10.6. The predicted octanol–water partition coefficient (Wildman–Crippen LogP) is 4.74. The van der Waals surface area contributed by atoms with Gasteiger partial charge in [-0.1, -0.05) is 52.3 Å². The van der Waals surface area contributed by atoms with Gasteiger partial charge in [0.2, 0.25) is 5.91 Å². The summed E-state index contributed by atoms with van der Waals surface area (Å²) in [5.41, 5.74) is 2.72. The van der Waals surface area contributed by atoms with Crippen LogP contribution in [0.25, 0.3) is 0 Å². The van der Waals surface area contributed by atoms with Crippen LogP contribution in [-0.4, -0.2) is 25.2 Å². The summed E-state index contributed by atoms with van der Waals surface area (Å²) in [6.45, 7) is 6.35. The minimum atomic E-state index is -0.530. The molecule has 2 aromatic rings. The number of hydrogen-bond acceptors (Lipinski definition) is 3. The zero-order valence-corrected chi connectivity index (χ0v) is 18.1. The molecule has 28 heavy (non-hydrogen) atoms. The molecule has 1 N–H and O–H groups in total. The number of carbonyl (C=O) groups is 1. The van der Waals surface area contributed by atoms with Crippen molar-refractivity contribution in [1.82, 2.24) is 5.32 Å². The summed E-state index contributed by atoms with van der Waals surface area (Å²) in [4.78, 5) is 13.3. The number of benzene rings is 2. The van der Waals surface area contributed by atoms with E-state index in [2.05, 4.69) is 33.4 Å². The maximum atomic E-state index is 13.3. The van der Waals surface area contributed by atoms with Crippen LogP contribution in [0.15, 0.2) is 53.0 Å². The molecule has 0 saturated carbocycles. The molecule has 0 bridgehead atoms. The number of amides is 1. The first kappa shape index (κ1) is 21.0. The van der Waals surface area contributed by atoms with Gasteiger partial charge in [0.25, 0.3) is 0 Å². The standard InChI is InChI=1S/C23H28BrNO3/c1-17(2)28-16-19-5-3-4-18(14-19)15-25-22(26)23(10-12-27-13-11-23)20-6-8-21(24)9-7-20/h3-9,14,17H,10-13,15-16H2,1-2H3,(H,25,26). The summed E-state index contributed by atoms with van der Waals surface area (Å²) in [7, 11) is 0. The van der Waals surface area contributed by atoms with E-state index in [9.17, 15) is 4.79 Å². The van der Waals surface area contributed by atoms with Gasteiger partial charge in [-0.05, 0) is 55.5 Å². The maximum Gasteiger partial charge on any atom is 0.231 e. The molecule has 0 spiro atoms. The first-order valence-electron chi connectivity index (χ1n) is 9.81. The third kappa shape index (κ3) is 5.22. The van der Waals surface area contributed by atoms with Gasteiger partial charge in [0.05, 0.1) is 18.1 Å². The summed E-state index contributed by atoms with van der Waals surface area (Å²) < 4.78 is 12.2. The van der Waals surface area contributed by atoms with Crippen LogP contribution in [-0.2, 0) is 32.8 Å². The van der Waals surface area contributed by atoms with Crippen molar-refractivity contribution in [1.29, 1.82) is 0 Å². The Morgan fingerprint density at radius 1 is 1.14 bits per heavy atom. The largest absolute Gasteiger partial charge is 0.381 e. The van der Waals surface area contributed by atoms with Crippen LogP contribution in [0.5, 0.6) is 0 Å². The van der Waals surface area contributed by atoms with E-state index in [4.69, 9.17) is 9.47 Å². The van der Waals surface area contributed by atoms with Crippen LogP contribution >= 0.6 is 15.9 Å². The predicted molar refractivity (Wildman–Crippen MR) is 114 cm³/mol. The minimum absolute atomic E-state index is 0.0713. The third-order valence-electron chi connectivity index (χ3n) is 5.21. The van der Waals surface area contributed by atoms with E-state index in [1.807, 2.05) is 50.2 Å². The molecule has 150 valence electrons. The van der Waals surface area contributed by atoms with Crippen molar-refractivity contribution in [3.63, 3.8) is 0 Å². The molecule has 1 saturated heterocycles. The average molecular weight is 446 g/mol. The van der Waals surface area contributed by atoms with Crippen molar-refractivity contribution in [2.45, 2.75) is 51.4 Å². The fraction of sp³-hybridized carbons (Fsp3) is 0.435. The van der Waals surface area contributed by atoms with Crippen LogP contribution in [0.2, 0.25) is 0 Å². The Morgan fingerprint density at radius 3 is 2.50 bits per heavy atom. The molecule has 1 amide bonds. The fourth-order valence-electron chi connectivity index (χ4n) is 3.58. The van der Waals surface area contributed by atoms with Gasteiger partial charge in [0.1, 0.15) is 0 Å². The molecule has 1 fully saturated rings. The zero-order chi connectivity index (χ0) is 20.0. The Labute approximate surface area is 175 Å². The first-order chi connectivity index (χ1) is 13.5. The van der Waals surface area contributed by atoms with Crippen molar-refractivity contribution >= 4 is 21.8 Å². The van der Waals surface area contributed by atoms with Gasteiger partial charge in [0, 0.05) is 24.2 Å². The van der Waals surface area contributed by atoms with Crippen molar-refractivity contribution < 1.29 is 14.3 Å². The van der Waals surface area contributed by atoms with Gasteiger partial charge >= 0.3 is 0 Å². The molecule has 4 nitrogen and oxygen atoms in total. The van der Waals surface area contributed by atoms with Crippen LogP contribution in [0.1, 0.15) is 43.4 Å². The molecule has 3 rings (SSSR count). The number of hydrogen-bond donors (Lipinski definition) is 1. The number of carbonyl (C=O) groups excluding carboxylic acids is 1. The quantitative estimate of drug-likeness (QED) is 0.669. The van der Waals surface area contributed by atoms with Gasteiger partial charge in [0.15, 0.2) is 0 Å². The highest BCUT2D eigenvalue weighted by Crippen LogP contribution is 2.36. The highest BCUT2D eigenvalue weighted by Gasteiger charge is 2.41. The lowest BCUT2D eigenvalue weighted by Gasteiger charge is -2.36. The average Bonchev–Trinajstić information content (AvgIpc) is 2.72. The monoisotopic (exact) mass is 445 g/mol. The lowest BCUT2D eigenvalue weighted by molar-refractivity contribution is -0.130. The van der Waals surface area contributed by atoms with E-state index in [0.717, 1.165) is 21.2 Å². The molecule has 1 aliphatic heterocycles. The van der Waals surface area contributed by atoms with Gasteiger partial charge in [-0.25, -0.2) is 0 Å². The molecule has 0 aliphatic carbocycles. The SMILES string of the molecule is CC(C)OCc1cccc(CNC(=O)C2(c3ccc(Br)cc3)CCOCC2)c1. The molecule has 0 aromatic heterocycles. The number of ether oxygens (including phenoxy) is 2. The Morgan fingerprint density at radius 2 is 1.82 bits per heavy atom. The van der Waals surface area contributed by atoms with Crippen LogP contribution in [0.4, 0.5) is 0 Å². The summed E-state index contributed by atoms with van der Waals surface area (Å²) in [6, 6.07) is 16.3. The third-order valence-corrected chi connectivity index (χ3v) is 5.73. The summed E-state index contributed by atoms with van der Waals surface area (Å²) in [5, 5.41) is 3.17. The summed E-state index contributed by atoms with van der Waals surface area (Å²) >= 11 is 3.48. The Hall–Kier alpha value is -1.69. The van der Waals surface area contributed by atoms with Crippen molar-refractivity contribution in [3.05, 3.63) is 69.7 Å². The molecule has 1 heterocycles. The second kappa shape index (κ2) is 9.68. The molecule has 0 unspecified atom stereocenters. The van der Waals surface area contributed by atoms with Crippen molar-refractivity contribution in [2.75, 3.05) is 13.2 Å². The Kier molecular flexibility index (Phi) is 7.27. The van der Waals surface area contributed by atoms with Crippen LogP contribution in [0.3, 0.4) is 0 Å². The number of nitrogens with one attached hydrogen (secondary N) is 1. The highest BCUT2D eigenvalue weighted by molar-refractivity contribution is 9.10. The lowest BCUT2D eigenvalue weighted by atomic mass is 9.73. The molecule has 0 radical (unpaired) electrons. The van der Waals surface area contributed by atoms with E-state index in [1.54, 1.807) is 0 Å². The van der Waals surface area contributed by atoms with Gasteiger partial charge in [-0.2, -0.15) is 0 Å². The number of rotatable bonds is 7. The number of halogens is 1. The zero-order valence-electron chi connectivity index (χ0n) is 16.5. The van der Waals surface area contributed by atoms with Gasteiger partial charge < -0.3 is 14.8 Å². The second-order valence-corrected chi connectivity index (χ2v) is 8.48. The van der Waals surface area contributed by atoms with Crippen molar-refractivity contribution in [3.8, 4) is 0 Å². The Bertz CT molecular complexity index is 783. The van der Waals surface area contributed by atoms with E-state index in [1.165, 1.54) is 0 Å². The topological polar surface area (TPSA) is 47.6 Å². The fourth-order valence-corrected chi connectivity index (χ4v) is 3.84. The molecular formula is C23H28BrNO3. The Balaban J connectivity index is 1.71. The van der Waals surface area contributed by atoms with E-state index in [0.29, 0.717) is 39.2 Å². The molecular weight excluding hydrogens is 418 g/mol. The second-order valence-electron chi connectivity index (χ2n) is 7.56. The molecule has 0 atom stereocenters. The minimum Gasteiger partial charge on any atom is -0.381 e. The van der Waals surface area contributed by atoms with E-state index in [-0.39, 0.29) is 12.0 Å². The van der Waals surface area contributed by atoms with Gasteiger partial charge in [-0.3, -0.25) is 4.79 Å². The van der Waals surface area contributed by atoms with Gasteiger partial charge in [-0.15, -0.1) is 0 Å². The molecule has 5 heteroatoms. The van der Waals surface area contributed by atoms with Crippen molar-refractivity contribution in [2.24, 2.45) is 0 Å². The maximum absolute atomic E-state index is 13.3. The lowest BCUT2D eigenvalue weighted by Crippen LogP contribution is -2.47. The van der Waals surface area contributed by atoms with E-state index < -0.39 is 5.41 Å². The highest BCUT2D eigenvalue weighted by atomic mass is 79.9. The van der Waals surface area contributed by atoms with Crippen LogP contribution < -0.4 is 5.32 Å². The normalized spacial score (nSPS) is 16.1. The summed E-state index contributed by atoms with van der Waals surface area (Å²) in [5.74, 6) is 0.0713.